The van der Waals surface area contributed by atoms with Gasteiger partial charge < -0.3 is 9.47 Å². The first-order valence-corrected chi connectivity index (χ1v) is 6.49. The molecule has 106 valence electrons. The number of halogens is 1. The highest BCUT2D eigenvalue weighted by molar-refractivity contribution is 5.65. The zero-order chi connectivity index (χ0) is 14.6. The van der Waals surface area contributed by atoms with Gasteiger partial charge in [0.05, 0.1) is 0 Å². The Hall–Kier alpha value is -1.58. The van der Waals surface area contributed by atoms with Crippen molar-refractivity contribution in [2.45, 2.75) is 53.1 Å². The van der Waals surface area contributed by atoms with Crippen LogP contribution in [-0.4, -0.2) is 11.8 Å². The number of hydrogen-bond acceptors (Lipinski definition) is 3. The second-order valence-electron chi connectivity index (χ2n) is 5.28. The second-order valence-corrected chi connectivity index (χ2v) is 5.28. The first-order chi connectivity index (χ1) is 8.78. The van der Waals surface area contributed by atoms with Crippen molar-refractivity contribution in [3.8, 4) is 5.75 Å². The minimum Gasteiger partial charge on any atom is -0.428 e. The van der Waals surface area contributed by atoms with Crippen molar-refractivity contribution >= 4 is 6.16 Å². The van der Waals surface area contributed by atoms with E-state index in [1.54, 1.807) is 20.8 Å². The third-order valence-corrected chi connectivity index (χ3v) is 2.62. The van der Waals surface area contributed by atoms with E-state index in [4.69, 9.17) is 9.47 Å². The molecule has 1 aromatic rings. The molecule has 3 nitrogen and oxygen atoms in total. The maximum Gasteiger partial charge on any atom is 0.514 e. The van der Waals surface area contributed by atoms with Crippen LogP contribution in [0, 0.1) is 5.82 Å². The van der Waals surface area contributed by atoms with Gasteiger partial charge in [-0.25, -0.2) is 9.18 Å². The van der Waals surface area contributed by atoms with Crippen molar-refractivity contribution in [1.82, 2.24) is 0 Å². The SMILES string of the molecule is CCc1c(F)ccc(OC(=O)OC(C)(C)C)c1CC. The van der Waals surface area contributed by atoms with Gasteiger partial charge in [0.15, 0.2) is 0 Å². The van der Waals surface area contributed by atoms with Gasteiger partial charge in [-0.2, -0.15) is 0 Å². The minimum absolute atomic E-state index is 0.268. The van der Waals surface area contributed by atoms with Crippen molar-refractivity contribution < 1.29 is 18.7 Å². The maximum atomic E-state index is 13.7. The average molecular weight is 268 g/mol. The van der Waals surface area contributed by atoms with Crippen LogP contribution < -0.4 is 4.74 Å². The van der Waals surface area contributed by atoms with Crippen LogP contribution in [0.3, 0.4) is 0 Å². The van der Waals surface area contributed by atoms with Crippen LogP contribution in [0.15, 0.2) is 12.1 Å². The lowest BCUT2D eigenvalue weighted by atomic mass is 10.0. The number of carbonyl (C=O) groups is 1. The van der Waals surface area contributed by atoms with Crippen LogP contribution in [0.5, 0.6) is 5.75 Å². The summed E-state index contributed by atoms with van der Waals surface area (Å²) in [6, 6.07) is 2.79. The molecule has 0 amide bonds. The molecular weight excluding hydrogens is 247 g/mol. The summed E-state index contributed by atoms with van der Waals surface area (Å²) < 4.78 is 23.9. The van der Waals surface area contributed by atoms with Crippen LogP contribution in [0.2, 0.25) is 0 Å². The standard InChI is InChI=1S/C15H21FO3/c1-6-10-11(7-2)13(9-8-12(10)16)18-14(17)19-15(3,4)5/h8-9H,6-7H2,1-5H3. The van der Waals surface area contributed by atoms with Crippen molar-refractivity contribution in [3.05, 3.63) is 29.1 Å². The van der Waals surface area contributed by atoms with E-state index in [-0.39, 0.29) is 5.82 Å². The summed E-state index contributed by atoms with van der Waals surface area (Å²) in [5, 5.41) is 0. The molecule has 1 aromatic carbocycles. The molecule has 0 spiro atoms. The number of ether oxygens (including phenoxy) is 2. The predicted molar refractivity (Wildman–Crippen MR) is 72.0 cm³/mol. The summed E-state index contributed by atoms with van der Waals surface area (Å²) >= 11 is 0. The average Bonchev–Trinajstić information content (AvgIpc) is 2.28. The smallest absolute Gasteiger partial charge is 0.428 e. The summed E-state index contributed by atoms with van der Waals surface area (Å²) in [4.78, 5) is 11.6. The highest BCUT2D eigenvalue weighted by atomic mass is 19.1. The van der Waals surface area contributed by atoms with Crippen molar-refractivity contribution in [3.63, 3.8) is 0 Å². The Morgan fingerprint density at radius 1 is 1.16 bits per heavy atom. The molecule has 1 rings (SSSR count). The fourth-order valence-corrected chi connectivity index (χ4v) is 1.87. The fourth-order valence-electron chi connectivity index (χ4n) is 1.87. The molecule has 0 atom stereocenters. The largest absolute Gasteiger partial charge is 0.514 e. The monoisotopic (exact) mass is 268 g/mol. The number of carbonyl (C=O) groups excluding carboxylic acids is 1. The Morgan fingerprint density at radius 3 is 2.21 bits per heavy atom. The molecule has 0 saturated heterocycles. The molecule has 4 heteroatoms. The van der Waals surface area contributed by atoms with E-state index < -0.39 is 11.8 Å². The first kappa shape index (κ1) is 15.5. The third-order valence-electron chi connectivity index (χ3n) is 2.62. The summed E-state index contributed by atoms with van der Waals surface area (Å²) in [6.45, 7) is 9.05. The van der Waals surface area contributed by atoms with Crippen molar-refractivity contribution in [2.75, 3.05) is 0 Å². The Labute approximate surface area is 113 Å². The van der Waals surface area contributed by atoms with Gasteiger partial charge in [-0.15, -0.1) is 0 Å². The highest BCUT2D eigenvalue weighted by Crippen LogP contribution is 2.27. The molecule has 0 aliphatic rings. The lowest BCUT2D eigenvalue weighted by Gasteiger charge is -2.20. The maximum absolute atomic E-state index is 13.7. The van der Waals surface area contributed by atoms with E-state index in [0.29, 0.717) is 29.7 Å². The Morgan fingerprint density at radius 2 is 1.74 bits per heavy atom. The molecule has 19 heavy (non-hydrogen) atoms. The fraction of sp³-hybridized carbons (Fsp3) is 0.533. The minimum atomic E-state index is -0.768. The molecule has 0 aromatic heterocycles. The van der Waals surface area contributed by atoms with E-state index in [1.807, 2.05) is 13.8 Å². The lowest BCUT2D eigenvalue weighted by Crippen LogP contribution is -2.26. The van der Waals surface area contributed by atoms with Crippen LogP contribution in [0.25, 0.3) is 0 Å². The quantitative estimate of drug-likeness (QED) is 0.607. The molecular formula is C15H21FO3. The summed E-state index contributed by atoms with van der Waals surface area (Å²) in [5.74, 6) is 0.103. The zero-order valence-corrected chi connectivity index (χ0v) is 12.2. The molecule has 0 fully saturated rings. The van der Waals surface area contributed by atoms with E-state index >= 15 is 0 Å². The van der Waals surface area contributed by atoms with Crippen LogP contribution in [-0.2, 0) is 17.6 Å². The molecule has 0 N–H and O–H groups in total. The summed E-state index contributed by atoms with van der Waals surface area (Å²) in [7, 11) is 0. The van der Waals surface area contributed by atoms with E-state index in [2.05, 4.69) is 0 Å². The van der Waals surface area contributed by atoms with Crippen molar-refractivity contribution in [1.29, 1.82) is 0 Å². The Kier molecular flexibility index (Phi) is 4.92. The van der Waals surface area contributed by atoms with Gasteiger partial charge in [-0.1, -0.05) is 13.8 Å². The van der Waals surface area contributed by atoms with E-state index in [9.17, 15) is 9.18 Å². The summed E-state index contributed by atoms with van der Waals surface area (Å²) in [6.07, 6.45) is 0.385. The van der Waals surface area contributed by atoms with Gasteiger partial charge >= 0.3 is 6.16 Å². The number of hydrogen-bond donors (Lipinski definition) is 0. The molecule has 0 aliphatic heterocycles. The highest BCUT2D eigenvalue weighted by Gasteiger charge is 2.20. The predicted octanol–water partition coefficient (Wildman–Crippen LogP) is 4.26. The Bertz CT molecular complexity index is 461. The lowest BCUT2D eigenvalue weighted by molar-refractivity contribution is 0.0204. The van der Waals surface area contributed by atoms with Crippen molar-refractivity contribution in [2.24, 2.45) is 0 Å². The van der Waals surface area contributed by atoms with Gasteiger partial charge in [0.25, 0.3) is 0 Å². The zero-order valence-electron chi connectivity index (χ0n) is 12.2. The second kappa shape index (κ2) is 6.04. The van der Waals surface area contributed by atoms with Crippen LogP contribution in [0.1, 0.15) is 45.7 Å². The molecule has 0 unspecified atom stereocenters. The molecule has 0 aliphatic carbocycles. The molecule has 0 bridgehead atoms. The summed E-state index contributed by atoms with van der Waals surface area (Å²) in [5.41, 5.74) is 0.689. The van der Waals surface area contributed by atoms with Crippen LogP contribution >= 0.6 is 0 Å². The van der Waals surface area contributed by atoms with Gasteiger partial charge in [-0.3, -0.25) is 0 Å². The van der Waals surface area contributed by atoms with E-state index in [0.717, 1.165) is 0 Å². The van der Waals surface area contributed by atoms with Gasteiger partial charge in [0.1, 0.15) is 17.2 Å². The molecule has 0 saturated carbocycles. The topological polar surface area (TPSA) is 35.5 Å². The molecule has 0 radical (unpaired) electrons. The molecule has 0 heterocycles. The first-order valence-electron chi connectivity index (χ1n) is 6.49. The van der Waals surface area contributed by atoms with Gasteiger partial charge in [0.2, 0.25) is 0 Å². The Balaban J connectivity index is 2.99. The van der Waals surface area contributed by atoms with Crippen LogP contribution in [0.4, 0.5) is 9.18 Å². The normalized spacial score (nSPS) is 11.3. The van der Waals surface area contributed by atoms with E-state index in [1.165, 1.54) is 12.1 Å². The van der Waals surface area contributed by atoms with Gasteiger partial charge in [-0.05, 0) is 51.3 Å². The number of rotatable bonds is 3. The number of benzene rings is 1. The van der Waals surface area contributed by atoms with Gasteiger partial charge in [0, 0.05) is 5.56 Å². The third kappa shape index (κ3) is 4.23.